The molecule has 27 heavy (non-hydrogen) atoms. The molecule has 9 heteroatoms. The predicted molar refractivity (Wildman–Crippen MR) is 101 cm³/mol. The molecule has 2 rings (SSSR count). The van der Waals surface area contributed by atoms with Gasteiger partial charge in [-0.1, -0.05) is 6.92 Å². The van der Waals surface area contributed by atoms with Crippen LogP contribution in [0.2, 0.25) is 0 Å². The molecule has 1 atom stereocenters. The lowest BCUT2D eigenvalue weighted by Crippen LogP contribution is -2.50. The van der Waals surface area contributed by atoms with E-state index in [2.05, 4.69) is 4.72 Å². The molecule has 0 saturated carbocycles. The van der Waals surface area contributed by atoms with E-state index in [0.29, 0.717) is 44.8 Å². The molecule has 1 aliphatic heterocycles. The maximum atomic E-state index is 12.6. The molecule has 0 spiro atoms. The summed E-state index contributed by atoms with van der Waals surface area (Å²) < 4.78 is 32.1. The van der Waals surface area contributed by atoms with Crippen molar-refractivity contribution < 1.29 is 22.7 Å². The van der Waals surface area contributed by atoms with Crippen molar-refractivity contribution in [2.24, 2.45) is 0 Å². The van der Waals surface area contributed by atoms with E-state index in [9.17, 15) is 18.0 Å². The monoisotopic (exact) mass is 397 g/mol. The van der Waals surface area contributed by atoms with Crippen molar-refractivity contribution >= 4 is 22.0 Å². The highest BCUT2D eigenvalue weighted by Gasteiger charge is 2.26. The average molecular weight is 397 g/mol. The van der Waals surface area contributed by atoms with Gasteiger partial charge in [0.25, 0.3) is 5.91 Å². The molecule has 1 N–H and O–H groups in total. The first kappa shape index (κ1) is 21.2. The van der Waals surface area contributed by atoms with E-state index in [1.807, 2.05) is 6.92 Å². The SMILES string of the molecule is CCOC(=O)N1CCN(C(=O)c2ccc(S(=O)(=O)NC(C)CC)cc2)CC1. The third-order valence-corrected chi connectivity index (χ3v) is 6.08. The van der Waals surface area contributed by atoms with Crippen molar-refractivity contribution in [2.75, 3.05) is 32.8 Å². The molecule has 150 valence electrons. The van der Waals surface area contributed by atoms with Crippen LogP contribution in [0.4, 0.5) is 4.79 Å². The van der Waals surface area contributed by atoms with Crippen molar-refractivity contribution in [3.8, 4) is 0 Å². The molecule has 0 aliphatic carbocycles. The first-order chi connectivity index (χ1) is 12.8. The number of ether oxygens (including phenoxy) is 1. The minimum Gasteiger partial charge on any atom is -0.450 e. The number of nitrogens with zero attached hydrogens (tertiary/aromatic N) is 2. The Morgan fingerprint density at radius 3 is 2.15 bits per heavy atom. The van der Waals surface area contributed by atoms with Crippen LogP contribution in [-0.4, -0.2) is 69.0 Å². The minimum atomic E-state index is -3.59. The number of sulfonamides is 1. The lowest BCUT2D eigenvalue weighted by molar-refractivity contribution is 0.0570. The summed E-state index contributed by atoms with van der Waals surface area (Å²) in [5.74, 6) is -0.183. The number of hydrogen-bond acceptors (Lipinski definition) is 5. The molecule has 1 heterocycles. The molecule has 1 aromatic rings. The molecule has 1 fully saturated rings. The van der Waals surface area contributed by atoms with E-state index < -0.39 is 10.0 Å². The Morgan fingerprint density at radius 1 is 1.07 bits per heavy atom. The van der Waals surface area contributed by atoms with Crippen LogP contribution in [0.5, 0.6) is 0 Å². The predicted octanol–water partition coefficient (Wildman–Crippen LogP) is 1.68. The summed E-state index contributed by atoms with van der Waals surface area (Å²) >= 11 is 0. The highest BCUT2D eigenvalue weighted by Crippen LogP contribution is 2.14. The Kier molecular flexibility index (Phi) is 7.20. The van der Waals surface area contributed by atoms with E-state index in [1.54, 1.807) is 23.6 Å². The Morgan fingerprint density at radius 2 is 1.63 bits per heavy atom. The Balaban J connectivity index is 1.99. The fraction of sp³-hybridized carbons (Fsp3) is 0.556. The summed E-state index contributed by atoms with van der Waals surface area (Å²) in [4.78, 5) is 27.7. The quantitative estimate of drug-likeness (QED) is 0.788. The Hall–Kier alpha value is -2.13. The lowest BCUT2D eigenvalue weighted by atomic mass is 10.2. The molecule has 1 saturated heterocycles. The van der Waals surface area contributed by atoms with E-state index in [4.69, 9.17) is 4.74 Å². The zero-order valence-electron chi connectivity index (χ0n) is 16.0. The van der Waals surface area contributed by atoms with E-state index >= 15 is 0 Å². The Bertz CT molecular complexity index is 756. The van der Waals surface area contributed by atoms with Gasteiger partial charge in [0.15, 0.2) is 0 Å². The third-order valence-electron chi connectivity index (χ3n) is 4.47. The average Bonchev–Trinajstić information content (AvgIpc) is 2.67. The molecule has 1 aliphatic rings. The normalized spacial score (nSPS) is 16.1. The Labute approximate surface area is 160 Å². The van der Waals surface area contributed by atoms with Gasteiger partial charge in [0, 0.05) is 37.8 Å². The first-order valence-electron chi connectivity index (χ1n) is 9.11. The van der Waals surface area contributed by atoms with E-state index in [1.165, 1.54) is 24.3 Å². The molecule has 1 aromatic carbocycles. The maximum Gasteiger partial charge on any atom is 0.409 e. The van der Waals surface area contributed by atoms with Gasteiger partial charge in [-0.3, -0.25) is 4.79 Å². The van der Waals surface area contributed by atoms with Crippen molar-refractivity contribution in [1.82, 2.24) is 14.5 Å². The summed E-state index contributed by atoms with van der Waals surface area (Å²) in [5.41, 5.74) is 0.419. The second kappa shape index (κ2) is 9.18. The van der Waals surface area contributed by atoms with Crippen molar-refractivity contribution in [3.05, 3.63) is 29.8 Å². The van der Waals surface area contributed by atoms with E-state index in [0.717, 1.165) is 0 Å². The number of nitrogens with one attached hydrogen (secondary N) is 1. The molecule has 0 bridgehead atoms. The number of rotatable bonds is 6. The number of piperazine rings is 1. The van der Waals surface area contributed by atoms with Gasteiger partial charge in [-0.15, -0.1) is 0 Å². The fourth-order valence-electron chi connectivity index (χ4n) is 2.68. The zero-order chi connectivity index (χ0) is 20.0. The topological polar surface area (TPSA) is 96.0 Å². The van der Waals surface area contributed by atoms with Gasteiger partial charge in [-0.2, -0.15) is 0 Å². The van der Waals surface area contributed by atoms with Crippen LogP contribution in [0.1, 0.15) is 37.6 Å². The van der Waals surface area contributed by atoms with Crippen LogP contribution in [0.3, 0.4) is 0 Å². The van der Waals surface area contributed by atoms with Gasteiger partial charge in [0.1, 0.15) is 0 Å². The van der Waals surface area contributed by atoms with Crippen LogP contribution in [0.15, 0.2) is 29.2 Å². The van der Waals surface area contributed by atoms with Crippen molar-refractivity contribution in [2.45, 2.75) is 38.1 Å². The second-order valence-electron chi connectivity index (χ2n) is 6.43. The van der Waals surface area contributed by atoms with Crippen LogP contribution in [-0.2, 0) is 14.8 Å². The van der Waals surface area contributed by atoms with Crippen LogP contribution >= 0.6 is 0 Å². The maximum absolute atomic E-state index is 12.6. The second-order valence-corrected chi connectivity index (χ2v) is 8.15. The number of amides is 2. The summed E-state index contributed by atoms with van der Waals surface area (Å²) in [6.07, 6.45) is 0.320. The number of benzene rings is 1. The summed E-state index contributed by atoms with van der Waals surface area (Å²) in [6.45, 7) is 7.41. The lowest BCUT2D eigenvalue weighted by Gasteiger charge is -2.34. The molecule has 8 nitrogen and oxygen atoms in total. The smallest absolute Gasteiger partial charge is 0.409 e. The largest absolute Gasteiger partial charge is 0.450 e. The standard InChI is InChI=1S/C18H27N3O5S/c1-4-14(3)19-27(24,25)16-8-6-15(7-9-16)17(22)20-10-12-21(13-11-20)18(23)26-5-2/h6-9,14,19H,4-5,10-13H2,1-3H3. The van der Waals surface area contributed by atoms with Gasteiger partial charge in [-0.25, -0.2) is 17.9 Å². The number of carbonyl (C=O) groups excluding carboxylic acids is 2. The third kappa shape index (κ3) is 5.43. The number of carbonyl (C=O) groups is 2. The van der Waals surface area contributed by atoms with Gasteiger partial charge >= 0.3 is 6.09 Å². The van der Waals surface area contributed by atoms with Crippen LogP contribution in [0, 0.1) is 0 Å². The fourth-order valence-corrected chi connectivity index (χ4v) is 4.01. The molecular formula is C18H27N3O5S. The highest BCUT2D eigenvalue weighted by atomic mass is 32.2. The summed E-state index contributed by atoms with van der Waals surface area (Å²) in [7, 11) is -3.59. The summed E-state index contributed by atoms with van der Waals surface area (Å²) in [6, 6.07) is 5.75. The van der Waals surface area contributed by atoms with Crippen molar-refractivity contribution in [3.63, 3.8) is 0 Å². The van der Waals surface area contributed by atoms with Gasteiger partial charge in [0.05, 0.1) is 11.5 Å². The van der Waals surface area contributed by atoms with Crippen LogP contribution in [0.25, 0.3) is 0 Å². The molecule has 0 radical (unpaired) electrons. The highest BCUT2D eigenvalue weighted by molar-refractivity contribution is 7.89. The molecule has 1 unspecified atom stereocenters. The summed E-state index contributed by atoms with van der Waals surface area (Å²) in [5, 5.41) is 0. The zero-order valence-corrected chi connectivity index (χ0v) is 16.8. The molecular weight excluding hydrogens is 370 g/mol. The number of hydrogen-bond donors (Lipinski definition) is 1. The molecule has 0 aromatic heterocycles. The van der Waals surface area contributed by atoms with Gasteiger partial charge in [0.2, 0.25) is 10.0 Å². The minimum absolute atomic E-state index is 0.131. The first-order valence-corrected chi connectivity index (χ1v) is 10.6. The van der Waals surface area contributed by atoms with Gasteiger partial charge < -0.3 is 14.5 Å². The van der Waals surface area contributed by atoms with E-state index in [-0.39, 0.29) is 22.9 Å². The molecule has 2 amide bonds. The van der Waals surface area contributed by atoms with Crippen molar-refractivity contribution in [1.29, 1.82) is 0 Å². The van der Waals surface area contributed by atoms with Gasteiger partial charge in [-0.05, 0) is 44.5 Å². The van der Waals surface area contributed by atoms with Crippen LogP contribution < -0.4 is 4.72 Å².